The molecule has 0 saturated carbocycles. The van der Waals surface area contributed by atoms with Crippen molar-refractivity contribution in [2.24, 2.45) is 5.92 Å². The molecule has 21 heavy (non-hydrogen) atoms. The number of carbonyl (C=O) groups is 1. The van der Waals surface area contributed by atoms with Gasteiger partial charge in [0.05, 0.1) is 18.6 Å². The Kier molecular flexibility index (Phi) is 5.70. The van der Waals surface area contributed by atoms with Crippen LogP contribution in [0.4, 0.5) is 0 Å². The fourth-order valence-corrected chi connectivity index (χ4v) is 2.25. The van der Waals surface area contributed by atoms with E-state index >= 15 is 0 Å². The average Bonchev–Trinajstić information content (AvgIpc) is 2.45. The second kappa shape index (κ2) is 7.52. The van der Waals surface area contributed by atoms with E-state index < -0.39 is 0 Å². The number of rotatable bonds is 6. The molecule has 112 valence electrons. The first-order valence-electron chi connectivity index (χ1n) is 6.56. The largest absolute Gasteiger partial charge is 0.465 e. The maximum Gasteiger partial charge on any atom is 0.319 e. The minimum Gasteiger partial charge on any atom is -0.465 e. The Hall–Kier alpha value is -1.46. The summed E-state index contributed by atoms with van der Waals surface area (Å²) in [5.74, 6) is 0.741. The van der Waals surface area contributed by atoms with E-state index in [2.05, 4.69) is 4.98 Å². The number of para-hydroxylation sites is 1. The van der Waals surface area contributed by atoms with Crippen LogP contribution in [0.2, 0.25) is 5.15 Å². The van der Waals surface area contributed by atoms with Gasteiger partial charge in [-0.3, -0.25) is 4.79 Å². The van der Waals surface area contributed by atoms with Crippen molar-refractivity contribution in [3.8, 4) is 5.75 Å². The number of nitrogens with zero attached hydrogens (tertiary/aromatic N) is 1. The number of ether oxygens (including phenoxy) is 1. The second-order valence-electron chi connectivity index (χ2n) is 4.88. The van der Waals surface area contributed by atoms with Gasteiger partial charge in [0.1, 0.15) is 16.4 Å². The van der Waals surface area contributed by atoms with Gasteiger partial charge < -0.3 is 8.92 Å². The number of aromatic nitrogens is 1. The Morgan fingerprint density at radius 3 is 2.90 bits per heavy atom. The molecule has 6 heteroatoms. The summed E-state index contributed by atoms with van der Waals surface area (Å²) in [6, 6.07) is 9.18. The van der Waals surface area contributed by atoms with Gasteiger partial charge >= 0.3 is 5.97 Å². The summed E-state index contributed by atoms with van der Waals surface area (Å²) in [5.41, 5.74) is 0.674. The molecular formula is C15H16ClNO3S. The monoisotopic (exact) mass is 325 g/mol. The second-order valence-corrected chi connectivity index (χ2v) is 5.96. The molecule has 0 aliphatic rings. The van der Waals surface area contributed by atoms with E-state index in [1.165, 1.54) is 0 Å². The van der Waals surface area contributed by atoms with Crippen LogP contribution in [0.3, 0.4) is 0 Å². The first kappa shape index (κ1) is 15.9. The molecule has 0 aliphatic carbocycles. The Morgan fingerprint density at radius 1 is 1.33 bits per heavy atom. The van der Waals surface area contributed by atoms with Crippen LogP contribution in [0.5, 0.6) is 5.75 Å². The number of pyridine rings is 1. The molecule has 2 rings (SSSR count). The summed E-state index contributed by atoms with van der Waals surface area (Å²) in [5, 5.41) is 1.33. The highest BCUT2D eigenvalue weighted by Crippen LogP contribution is 2.27. The highest BCUT2D eigenvalue weighted by molar-refractivity contribution is 7.95. The molecule has 0 bridgehead atoms. The summed E-state index contributed by atoms with van der Waals surface area (Å²) in [6.07, 6.45) is 0. The molecule has 1 heterocycles. The maximum atomic E-state index is 11.5. The van der Waals surface area contributed by atoms with E-state index in [9.17, 15) is 4.79 Å². The third kappa shape index (κ3) is 4.79. The van der Waals surface area contributed by atoms with E-state index in [-0.39, 0.29) is 11.7 Å². The maximum absolute atomic E-state index is 11.5. The molecule has 0 unspecified atom stereocenters. The lowest BCUT2D eigenvalue weighted by atomic mass is 10.2. The molecule has 1 aromatic heterocycles. The molecule has 0 amide bonds. The zero-order valence-electron chi connectivity index (χ0n) is 11.8. The Bertz CT molecular complexity index is 633. The summed E-state index contributed by atoms with van der Waals surface area (Å²) in [7, 11) is 0. The Balaban J connectivity index is 1.94. The van der Waals surface area contributed by atoms with Crippen LogP contribution in [0, 0.1) is 5.92 Å². The van der Waals surface area contributed by atoms with Crippen LogP contribution in [0.1, 0.15) is 13.8 Å². The molecule has 0 atom stereocenters. The average molecular weight is 326 g/mol. The third-order valence-corrected chi connectivity index (χ3v) is 3.41. The number of esters is 1. The molecule has 0 spiro atoms. The van der Waals surface area contributed by atoms with Gasteiger partial charge in [-0.15, -0.1) is 0 Å². The van der Waals surface area contributed by atoms with E-state index in [4.69, 9.17) is 20.5 Å². The van der Waals surface area contributed by atoms with Crippen LogP contribution >= 0.6 is 23.6 Å². The number of carbonyl (C=O) groups excluding carboxylic acids is 1. The van der Waals surface area contributed by atoms with Crippen molar-refractivity contribution in [3.05, 3.63) is 35.5 Å². The first-order chi connectivity index (χ1) is 10.1. The van der Waals surface area contributed by atoms with Gasteiger partial charge in [-0.1, -0.05) is 37.6 Å². The van der Waals surface area contributed by atoms with Gasteiger partial charge in [-0.05, 0) is 24.1 Å². The van der Waals surface area contributed by atoms with Crippen molar-refractivity contribution >= 4 is 40.5 Å². The number of hydrogen-bond donors (Lipinski definition) is 0. The molecule has 0 radical (unpaired) electrons. The van der Waals surface area contributed by atoms with Crippen LogP contribution in [-0.2, 0) is 9.53 Å². The van der Waals surface area contributed by atoms with Crippen molar-refractivity contribution in [1.29, 1.82) is 0 Å². The molecule has 0 fully saturated rings. The molecule has 1 aromatic carbocycles. The van der Waals surface area contributed by atoms with Gasteiger partial charge in [0.25, 0.3) is 0 Å². The SMILES string of the molecule is CC(C)COC(=O)CSOc1cccc2ccc(Cl)nc12. The number of halogens is 1. The smallest absolute Gasteiger partial charge is 0.319 e. The van der Waals surface area contributed by atoms with Gasteiger partial charge in [0.2, 0.25) is 0 Å². The van der Waals surface area contributed by atoms with Crippen LogP contribution in [-0.4, -0.2) is 23.3 Å². The lowest BCUT2D eigenvalue weighted by Gasteiger charge is -2.08. The van der Waals surface area contributed by atoms with Crippen LogP contribution in [0.25, 0.3) is 10.9 Å². The molecule has 0 N–H and O–H groups in total. The Labute approximate surface area is 133 Å². The van der Waals surface area contributed by atoms with Gasteiger partial charge in [-0.2, -0.15) is 0 Å². The third-order valence-electron chi connectivity index (χ3n) is 2.55. The zero-order chi connectivity index (χ0) is 15.2. The van der Waals surface area contributed by atoms with Crippen molar-refractivity contribution < 1.29 is 13.7 Å². The minimum absolute atomic E-state index is 0.129. The van der Waals surface area contributed by atoms with Crippen LogP contribution in [0.15, 0.2) is 30.3 Å². The van der Waals surface area contributed by atoms with Crippen molar-refractivity contribution in [1.82, 2.24) is 4.98 Å². The normalized spacial score (nSPS) is 10.9. The lowest BCUT2D eigenvalue weighted by Crippen LogP contribution is -2.12. The van der Waals surface area contributed by atoms with Gasteiger partial charge in [-0.25, -0.2) is 4.98 Å². The molecular weight excluding hydrogens is 310 g/mol. The predicted molar refractivity (Wildman–Crippen MR) is 85.6 cm³/mol. The van der Waals surface area contributed by atoms with Gasteiger partial charge in [0, 0.05) is 5.39 Å². The number of hydrogen-bond acceptors (Lipinski definition) is 5. The van der Waals surface area contributed by atoms with Crippen LogP contribution < -0.4 is 4.18 Å². The van der Waals surface area contributed by atoms with E-state index in [1.807, 2.05) is 32.0 Å². The topological polar surface area (TPSA) is 48.4 Å². The number of benzene rings is 1. The Morgan fingerprint density at radius 2 is 2.14 bits per heavy atom. The molecule has 0 saturated heterocycles. The van der Waals surface area contributed by atoms with Gasteiger partial charge in [0.15, 0.2) is 5.75 Å². The summed E-state index contributed by atoms with van der Waals surface area (Å²) < 4.78 is 10.6. The predicted octanol–water partition coefficient (Wildman–Crippen LogP) is 4.11. The molecule has 4 nitrogen and oxygen atoms in total. The first-order valence-corrected chi connectivity index (χ1v) is 7.85. The highest BCUT2D eigenvalue weighted by Gasteiger charge is 2.09. The standard InChI is InChI=1S/C15H16ClNO3S/c1-10(2)8-19-14(18)9-21-20-12-5-3-4-11-6-7-13(16)17-15(11)12/h3-7,10H,8-9H2,1-2H3. The highest BCUT2D eigenvalue weighted by atomic mass is 35.5. The zero-order valence-corrected chi connectivity index (χ0v) is 13.4. The lowest BCUT2D eigenvalue weighted by molar-refractivity contribution is -0.141. The fourth-order valence-electron chi connectivity index (χ4n) is 1.61. The van der Waals surface area contributed by atoms with E-state index in [1.54, 1.807) is 12.1 Å². The fraction of sp³-hybridized carbons (Fsp3) is 0.333. The minimum atomic E-state index is -0.292. The molecule has 0 aliphatic heterocycles. The van der Waals surface area contributed by atoms with Crippen molar-refractivity contribution in [2.75, 3.05) is 12.4 Å². The van der Waals surface area contributed by atoms with E-state index in [0.29, 0.717) is 28.9 Å². The van der Waals surface area contributed by atoms with Crippen molar-refractivity contribution in [3.63, 3.8) is 0 Å². The van der Waals surface area contributed by atoms with E-state index in [0.717, 1.165) is 17.4 Å². The quantitative estimate of drug-likeness (QED) is 0.454. The number of fused-ring (bicyclic) bond motifs is 1. The summed E-state index contributed by atoms with van der Waals surface area (Å²) in [4.78, 5) is 15.7. The molecule has 2 aromatic rings. The summed E-state index contributed by atoms with van der Waals surface area (Å²) >= 11 is 6.93. The van der Waals surface area contributed by atoms with Crippen molar-refractivity contribution in [2.45, 2.75) is 13.8 Å². The summed E-state index contributed by atoms with van der Waals surface area (Å²) in [6.45, 7) is 4.40.